The molecular weight excluding hydrogens is 336 g/mol. The van der Waals surface area contributed by atoms with Crippen molar-refractivity contribution in [1.29, 1.82) is 0 Å². The largest absolute Gasteiger partial charge is 0.368 e. The van der Waals surface area contributed by atoms with Gasteiger partial charge in [-0.25, -0.2) is 14.8 Å². The molecule has 1 aliphatic heterocycles. The molecule has 9 nitrogen and oxygen atoms in total. The van der Waals surface area contributed by atoms with Crippen molar-refractivity contribution in [3.63, 3.8) is 0 Å². The van der Waals surface area contributed by atoms with Crippen LogP contribution in [0, 0.1) is 6.92 Å². The highest BCUT2D eigenvalue weighted by molar-refractivity contribution is 5.90. The average Bonchev–Trinajstić information content (AvgIpc) is 3.01. The Balaban J connectivity index is 1.71. The van der Waals surface area contributed by atoms with Crippen molar-refractivity contribution in [2.45, 2.75) is 26.4 Å². The molecule has 140 valence electrons. The van der Waals surface area contributed by atoms with Crippen LogP contribution in [0.1, 0.15) is 30.2 Å². The summed E-state index contributed by atoms with van der Waals surface area (Å²) in [6.07, 6.45) is 2.08. The van der Waals surface area contributed by atoms with Crippen LogP contribution in [0.25, 0.3) is 0 Å². The Bertz CT molecular complexity index is 776. The van der Waals surface area contributed by atoms with Gasteiger partial charge in [-0.15, -0.1) is 0 Å². The number of urea groups is 1. The number of rotatable bonds is 4. The van der Waals surface area contributed by atoms with Gasteiger partial charge in [-0.1, -0.05) is 12.1 Å². The lowest BCUT2D eigenvalue weighted by atomic mass is 10.2. The van der Waals surface area contributed by atoms with Crippen molar-refractivity contribution >= 4 is 17.7 Å². The zero-order chi connectivity index (χ0) is 18.7. The van der Waals surface area contributed by atoms with Gasteiger partial charge in [0.25, 0.3) is 0 Å². The van der Waals surface area contributed by atoms with Crippen molar-refractivity contribution in [1.82, 2.24) is 20.0 Å². The van der Waals surface area contributed by atoms with Crippen molar-refractivity contribution in [3.05, 3.63) is 29.4 Å². The highest BCUT2D eigenvalue weighted by Gasteiger charge is 2.28. The van der Waals surface area contributed by atoms with E-state index in [0.717, 1.165) is 5.69 Å². The molecule has 26 heavy (non-hydrogen) atoms. The first kappa shape index (κ1) is 18.1. The summed E-state index contributed by atoms with van der Waals surface area (Å²) in [4.78, 5) is 25.0. The molecule has 0 bridgehead atoms. The number of hydrogen-bond acceptors (Lipinski definition) is 7. The van der Waals surface area contributed by atoms with Crippen LogP contribution in [-0.2, 0) is 11.2 Å². The van der Waals surface area contributed by atoms with Gasteiger partial charge in [-0.3, -0.25) is 0 Å². The number of carbonyl (C=O) groups is 1. The maximum atomic E-state index is 12.7. The smallest absolute Gasteiger partial charge is 0.322 e. The summed E-state index contributed by atoms with van der Waals surface area (Å²) in [7, 11) is 3.76. The molecule has 0 aliphatic carbocycles. The zero-order valence-electron chi connectivity index (χ0n) is 15.5. The van der Waals surface area contributed by atoms with Gasteiger partial charge in [0.05, 0.1) is 18.8 Å². The van der Waals surface area contributed by atoms with E-state index in [2.05, 4.69) is 20.4 Å². The van der Waals surface area contributed by atoms with E-state index in [1.807, 2.05) is 38.9 Å². The van der Waals surface area contributed by atoms with Gasteiger partial charge in [-0.2, -0.15) is 0 Å². The van der Waals surface area contributed by atoms with E-state index in [1.165, 1.54) is 0 Å². The Kier molecular flexibility index (Phi) is 5.36. The normalized spacial score (nSPS) is 17.2. The van der Waals surface area contributed by atoms with Crippen LogP contribution in [0.15, 0.2) is 16.8 Å². The number of nitrogens with one attached hydrogen (secondary N) is 1. The van der Waals surface area contributed by atoms with Gasteiger partial charge in [-0.05, 0) is 13.0 Å². The second-order valence-corrected chi connectivity index (χ2v) is 6.33. The number of ether oxygens (including phenoxy) is 1. The molecule has 1 fully saturated rings. The highest BCUT2D eigenvalue weighted by atomic mass is 16.5. The van der Waals surface area contributed by atoms with Gasteiger partial charge < -0.3 is 24.4 Å². The predicted octanol–water partition coefficient (Wildman–Crippen LogP) is 2.01. The molecule has 1 atom stereocenters. The van der Waals surface area contributed by atoms with Crippen molar-refractivity contribution in [2.24, 2.45) is 0 Å². The van der Waals surface area contributed by atoms with Crippen molar-refractivity contribution in [3.8, 4) is 0 Å². The minimum Gasteiger partial charge on any atom is -0.368 e. The Morgan fingerprint density at radius 1 is 1.46 bits per heavy atom. The first-order chi connectivity index (χ1) is 12.5. The van der Waals surface area contributed by atoms with Crippen molar-refractivity contribution < 1.29 is 14.1 Å². The number of anilines is 2. The monoisotopic (exact) mass is 360 g/mol. The molecule has 2 aromatic heterocycles. The lowest BCUT2D eigenvalue weighted by molar-refractivity contribution is -0.0157. The molecule has 3 heterocycles. The molecule has 0 aromatic carbocycles. The summed E-state index contributed by atoms with van der Waals surface area (Å²) in [6.45, 7) is 5.14. The third kappa shape index (κ3) is 3.77. The molecule has 9 heteroatoms. The summed E-state index contributed by atoms with van der Waals surface area (Å²) in [6, 6.07) is 1.62. The van der Waals surface area contributed by atoms with Crippen LogP contribution < -0.4 is 10.2 Å². The molecule has 1 aliphatic rings. The van der Waals surface area contributed by atoms with Crippen LogP contribution in [0.4, 0.5) is 16.4 Å². The summed E-state index contributed by atoms with van der Waals surface area (Å²) >= 11 is 0. The Morgan fingerprint density at radius 2 is 2.27 bits per heavy atom. The fraction of sp³-hybridized carbons (Fsp3) is 0.529. The molecule has 0 radical (unpaired) electrons. The first-order valence-electron chi connectivity index (χ1n) is 8.62. The lowest BCUT2D eigenvalue weighted by Gasteiger charge is -2.32. The number of hydrogen-bond donors (Lipinski definition) is 1. The molecule has 1 N–H and O–H groups in total. The quantitative estimate of drug-likeness (QED) is 0.891. The highest BCUT2D eigenvalue weighted by Crippen LogP contribution is 2.24. The van der Waals surface area contributed by atoms with Gasteiger partial charge in [0, 0.05) is 33.3 Å². The van der Waals surface area contributed by atoms with E-state index in [-0.39, 0.29) is 12.1 Å². The van der Waals surface area contributed by atoms with Crippen LogP contribution in [-0.4, -0.2) is 59.8 Å². The van der Waals surface area contributed by atoms with Gasteiger partial charge in [0.2, 0.25) is 5.95 Å². The topological polar surface area (TPSA) is 96.6 Å². The fourth-order valence-corrected chi connectivity index (χ4v) is 2.77. The average molecular weight is 360 g/mol. The summed E-state index contributed by atoms with van der Waals surface area (Å²) in [5.74, 6) is 1.28. The number of aryl methyl sites for hydroxylation is 2. The second-order valence-electron chi connectivity index (χ2n) is 6.33. The molecule has 3 rings (SSSR count). The third-order valence-corrected chi connectivity index (χ3v) is 4.23. The lowest BCUT2D eigenvalue weighted by Crippen LogP contribution is -2.44. The van der Waals surface area contributed by atoms with Gasteiger partial charge >= 0.3 is 6.03 Å². The summed E-state index contributed by atoms with van der Waals surface area (Å²) < 4.78 is 11.1. The molecule has 0 spiro atoms. The summed E-state index contributed by atoms with van der Waals surface area (Å²) in [5.41, 5.74) is 2.08. The van der Waals surface area contributed by atoms with Gasteiger partial charge in [0.15, 0.2) is 5.76 Å². The molecule has 1 saturated heterocycles. The fourth-order valence-electron chi connectivity index (χ4n) is 2.77. The van der Waals surface area contributed by atoms with E-state index in [9.17, 15) is 4.79 Å². The Labute approximate surface area is 152 Å². The minimum absolute atomic E-state index is 0.193. The predicted molar refractivity (Wildman–Crippen MR) is 96.3 cm³/mol. The van der Waals surface area contributed by atoms with Crippen molar-refractivity contribution in [2.75, 3.05) is 44.0 Å². The van der Waals surface area contributed by atoms with E-state index >= 15 is 0 Å². The third-order valence-electron chi connectivity index (χ3n) is 4.23. The SMILES string of the molecule is CCc1onc(C)c1NC(=O)N1CCOC(c2ccnc(N(C)C)n2)C1. The van der Waals surface area contributed by atoms with E-state index in [1.54, 1.807) is 11.1 Å². The first-order valence-corrected chi connectivity index (χ1v) is 8.62. The van der Waals surface area contributed by atoms with E-state index in [4.69, 9.17) is 9.26 Å². The summed E-state index contributed by atoms with van der Waals surface area (Å²) in [5, 5.41) is 6.84. The maximum Gasteiger partial charge on any atom is 0.322 e. The standard InChI is InChI=1S/C17H24N6O3/c1-5-13-15(11(2)21-26-13)20-17(24)23-8-9-25-14(10-23)12-6-7-18-16(19-12)22(3)4/h6-7,14H,5,8-10H2,1-4H3,(H,20,24). The van der Waals surface area contributed by atoms with Crippen LogP contribution >= 0.6 is 0 Å². The number of aromatic nitrogens is 3. The number of amides is 2. The van der Waals surface area contributed by atoms with E-state index < -0.39 is 0 Å². The van der Waals surface area contributed by atoms with Crippen LogP contribution in [0.2, 0.25) is 0 Å². The van der Waals surface area contributed by atoms with E-state index in [0.29, 0.717) is 49.2 Å². The number of carbonyl (C=O) groups excluding carboxylic acids is 1. The number of nitrogens with zero attached hydrogens (tertiary/aromatic N) is 5. The Morgan fingerprint density at radius 3 is 3.00 bits per heavy atom. The number of morpholine rings is 1. The zero-order valence-corrected chi connectivity index (χ0v) is 15.5. The molecule has 2 aromatic rings. The van der Waals surface area contributed by atoms with Crippen LogP contribution in [0.3, 0.4) is 0 Å². The molecule has 0 saturated carbocycles. The minimum atomic E-state index is -0.287. The molecule has 2 amide bonds. The van der Waals surface area contributed by atoms with Crippen LogP contribution in [0.5, 0.6) is 0 Å². The molecule has 1 unspecified atom stereocenters. The Hall–Kier alpha value is -2.68. The van der Waals surface area contributed by atoms with Gasteiger partial charge in [0.1, 0.15) is 17.5 Å². The maximum absolute atomic E-state index is 12.7. The molecular formula is C17H24N6O3. The second kappa shape index (κ2) is 7.69.